The maximum atomic E-state index is 11.1. The van der Waals surface area contributed by atoms with E-state index in [4.69, 9.17) is 9.47 Å². The SMILES string of the molecule is CCOC(=O)C(C)SCCOC. The lowest BCUT2D eigenvalue weighted by Gasteiger charge is -2.08. The van der Waals surface area contributed by atoms with Crippen molar-refractivity contribution in [1.82, 2.24) is 0 Å². The van der Waals surface area contributed by atoms with E-state index >= 15 is 0 Å². The molecule has 0 rings (SSSR count). The van der Waals surface area contributed by atoms with Crippen molar-refractivity contribution < 1.29 is 14.3 Å². The zero-order chi connectivity index (χ0) is 9.40. The van der Waals surface area contributed by atoms with Crippen LogP contribution in [-0.2, 0) is 14.3 Å². The van der Waals surface area contributed by atoms with E-state index in [-0.39, 0.29) is 11.2 Å². The highest BCUT2D eigenvalue weighted by atomic mass is 32.2. The summed E-state index contributed by atoms with van der Waals surface area (Å²) in [4.78, 5) is 11.1. The molecule has 0 amide bonds. The Balaban J connectivity index is 3.42. The first-order valence-electron chi connectivity index (χ1n) is 3.99. The lowest BCUT2D eigenvalue weighted by Crippen LogP contribution is -2.17. The molecule has 1 unspecified atom stereocenters. The normalized spacial score (nSPS) is 12.6. The molecule has 12 heavy (non-hydrogen) atoms. The van der Waals surface area contributed by atoms with Gasteiger partial charge < -0.3 is 9.47 Å². The summed E-state index contributed by atoms with van der Waals surface area (Å²) in [5, 5.41) is -0.0832. The first-order chi connectivity index (χ1) is 5.72. The topological polar surface area (TPSA) is 35.5 Å². The summed E-state index contributed by atoms with van der Waals surface area (Å²) in [7, 11) is 1.65. The molecule has 0 aromatic heterocycles. The number of methoxy groups -OCH3 is 1. The van der Waals surface area contributed by atoms with Crippen molar-refractivity contribution in [2.24, 2.45) is 0 Å². The van der Waals surface area contributed by atoms with Crippen LogP contribution in [-0.4, -0.2) is 37.3 Å². The van der Waals surface area contributed by atoms with Gasteiger partial charge in [-0.05, 0) is 13.8 Å². The molecule has 72 valence electrons. The second kappa shape index (κ2) is 7.43. The molecule has 0 aromatic rings. The van der Waals surface area contributed by atoms with Gasteiger partial charge in [0.1, 0.15) is 0 Å². The number of hydrogen-bond donors (Lipinski definition) is 0. The van der Waals surface area contributed by atoms with Crippen molar-refractivity contribution in [3.05, 3.63) is 0 Å². The van der Waals surface area contributed by atoms with Gasteiger partial charge in [0, 0.05) is 12.9 Å². The second-order valence-corrected chi connectivity index (χ2v) is 3.71. The summed E-state index contributed by atoms with van der Waals surface area (Å²) in [6.07, 6.45) is 0. The minimum atomic E-state index is -0.140. The third-order valence-electron chi connectivity index (χ3n) is 1.27. The van der Waals surface area contributed by atoms with E-state index in [1.807, 2.05) is 13.8 Å². The van der Waals surface area contributed by atoms with E-state index in [9.17, 15) is 4.79 Å². The number of esters is 1. The van der Waals surface area contributed by atoms with Gasteiger partial charge in [0.2, 0.25) is 0 Å². The standard InChI is InChI=1S/C8H16O3S/c1-4-11-8(9)7(2)12-6-5-10-3/h7H,4-6H2,1-3H3. The summed E-state index contributed by atoms with van der Waals surface area (Å²) in [6.45, 7) is 4.78. The molecule has 0 aliphatic rings. The van der Waals surface area contributed by atoms with E-state index in [2.05, 4.69) is 0 Å². The highest BCUT2D eigenvalue weighted by Gasteiger charge is 2.13. The Kier molecular flexibility index (Phi) is 7.29. The van der Waals surface area contributed by atoms with Crippen molar-refractivity contribution in [2.45, 2.75) is 19.1 Å². The maximum Gasteiger partial charge on any atom is 0.318 e. The molecular weight excluding hydrogens is 176 g/mol. The molecule has 0 radical (unpaired) electrons. The van der Waals surface area contributed by atoms with E-state index < -0.39 is 0 Å². The summed E-state index contributed by atoms with van der Waals surface area (Å²) in [6, 6.07) is 0. The van der Waals surface area contributed by atoms with Crippen LogP contribution in [0, 0.1) is 0 Å². The fraction of sp³-hybridized carbons (Fsp3) is 0.875. The Morgan fingerprint density at radius 2 is 2.25 bits per heavy atom. The average Bonchev–Trinajstić information content (AvgIpc) is 2.05. The minimum absolute atomic E-state index is 0.0832. The lowest BCUT2D eigenvalue weighted by molar-refractivity contribution is -0.142. The molecule has 0 saturated carbocycles. The van der Waals surface area contributed by atoms with Gasteiger partial charge in [0.05, 0.1) is 18.5 Å². The third kappa shape index (κ3) is 5.43. The summed E-state index contributed by atoms with van der Waals surface area (Å²) in [5.74, 6) is 0.690. The Bertz CT molecular complexity index is 127. The third-order valence-corrected chi connectivity index (χ3v) is 2.37. The van der Waals surface area contributed by atoms with Gasteiger partial charge >= 0.3 is 5.97 Å². The van der Waals surface area contributed by atoms with E-state index in [1.165, 1.54) is 0 Å². The van der Waals surface area contributed by atoms with Crippen molar-refractivity contribution in [3.8, 4) is 0 Å². The molecule has 0 spiro atoms. The highest BCUT2D eigenvalue weighted by Crippen LogP contribution is 2.11. The largest absolute Gasteiger partial charge is 0.465 e. The molecule has 3 nitrogen and oxygen atoms in total. The highest BCUT2D eigenvalue weighted by molar-refractivity contribution is 8.00. The Morgan fingerprint density at radius 3 is 2.75 bits per heavy atom. The van der Waals surface area contributed by atoms with Crippen LogP contribution in [0.1, 0.15) is 13.8 Å². The second-order valence-electron chi connectivity index (χ2n) is 2.26. The van der Waals surface area contributed by atoms with E-state index in [1.54, 1.807) is 18.9 Å². The molecule has 4 heteroatoms. The number of carbonyl (C=O) groups is 1. The number of hydrogen-bond acceptors (Lipinski definition) is 4. The Hall–Kier alpha value is -0.220. The lowest BCUT2D eigenvalue weighted by atomic mass is 10.5. The quantitative estimate of drug-likeness (QED) is 0.469. The number of thioether (sulfide) groups is 1. The molecule has 0 N–H and O–H groups in total. The van der Waals surface area contributed by atoms with Crippen LogP contribution in [0.15, 0.2) is 0 Å². The fourth-order valence-electron chi connectivity index (χ4n) is 0.636. The Labute approximate surface area is 77.8 Å². The number of ether oxygens (including phenoxy) is 2. The Morgan fingerprint density at radius 1 is 1.58 bits per heavy atom. The van der Waals surface area contributed by atoms with Gasteiger partial charge in [-0.1, -0.05) is 0 Å². The first kappa shape index (κ1) is 11.8. The van der Waals surface area contributed by atoms with E-state index in [0.29, 0.717) is 13.2 Å². The molecule has 0 aliphatic carbocycles. The smallest absolute Gasteiger partial charge is 0.318 e. The van der Waals surface area contributed by atoms with Gasteiger partial charge in [-0.3, -0.25) is 4.79 Å². The fourth-order valence-corrected chi connectivity index (χ4v) is 1.46. The summed E-state index contributed by atoms with van der Waals surface area (Å²) in [5.41, 5.74) is 0. The van der Waals surface area contributed by atoms with E-state index in [0.717, 1.165) is 5.75 Å². The number of rotatable bonds is 6. The molecule has 0 fully saturated rings. The van der Waals surface area contributed by atoms with Crippen LogP contribution >= 0.6 is 11.8 Å². The molecular formula is C8H16O3S. The van der Waals surface area contributed by atoms with Crippen LogP contribution in [0.4, 0.5) is 0 Å². The van der Waals surface area contributed by atoms with Crippen LogP contribution in [0.5, 0.6) is 0 Å². The predicted molar refractivity (Wildman–Crippen MR) is 50.4 cm³/mol. The molecule has 0 heterocycles. The van der Waals surface area contributed by atoms with Crippen molar-refractivity contribution in [1.29, 1.82) is 0 Å². The number of carbonyl (C=O) groups excluding carboxylic acids is 1. The zero-order valence-electron chi connectivity index (χ0n) is 7.83. The van der Waals surface area contributed by atoms with Crippen LogP contribution in [0.2, 0.25) is 0 Å². The summed E-state index contributed by atoms with van der Waals surface area (Å²) >= 11 is 1.55. The van der Waals surface area contributed by atoms with Crippen LogP contribution < -0.4 is 0 Å². The maximum absolute atomic E-state index is 11.1. The van der Waals surface area contributed by atoms with Crippen LogP contribution in [0.3, 0.4) is 0 Å². The van der Waals surface area contributed by atoms with Crippen molar-refractivity contribution in [2.75, 3.05) is 26.1 Å². The average molecular weight is 192 g/mol. The predicted octanol–water partition coefficient (Wildman–Crippen LogP) is 1.32. The molecule has 1 atom stereocenters. The van der Waals surface area contributed by atoms with Gasteiger partial charge in [-0.15, -0.1) is 11.8 Å². The van der Waals surface area contributed by atoms with Crippen LogP contribution in [0.25, 0.3) is 0 Å². The van der Waals surface area contributed by atoms with Gasteiger partial charge in [0.15, 0.2) is 0 Å². The van der Waals surface area contributed by atoms with Crippen molar-refractivity contribution >= 4 is 17.7 Å². The minimum Gasteiger partial charge on any atom is -0.465 e. The molecule has 0 saturated heterocycles. The zero-order valence-corrected chi connectivity index (χ0v) is 8.65. The molecule has 0 bridgehead atoms. The van der Waals surface area contributed by atoms with Gasteiger partial charge in [0.25, 0.3) is 0 Å². The monoisotopic (exact) mass is 192 g/mol. The van der Waals surface area contributed by atoms with Crippen molar-refractivity contribution in [3.63, 3.8) is 0 Å². The van der Waals surface area contributed by atoms with Gasteiger partial charge in [-0.25, -0.2) is 0 Å². The molecule has 0 aliphatic heterocycles. The van der Waals surface area contributed by atoms with Gasteiger partial charge in [-0.2, -0.15) is 0 Å². The summed E-state index contributed by atoms with van der Waals surface area (Å²) < 4.78 is 9.69. The first-order valence-corrected chi connectivity index (χ1v) is 5.04. The molecule has 0 aromatic carbocycles.